The number of rotatable bonds is 8. The molecule has 1 atom stereocenters. The number of nitrogens with one attached hydrogen (secondary N) is 2. The highest BCUT2D eigenvalue weighted by atomic mass is 127. The minimum atomic E-state index is -0.299. The number of aliphatic imine (C=N–C) groups is 1. The summed E-state index contributed by atoms with van der Waals surface area (Å²) in [4.78, 5) is 4.47. The number of hydrogen-bond donors (Lipinski definition) is 2. The molecule has 0 aromatic heterocycles. The Morgan fingerprint density at radius 1 is 1.41 bits per heavy atom. The number of halogens is 2. The first kappa shape index (κ1) is 20.7. The van der Waals surface area contributed by atoms with Gasteiger partial charge in [-0.15, -0.1) is 30.6 Å². The molecule has 4 nitrogen and oxygen atoms in total. The molecule has 0 aliphatic carbocycles. The van der Waals surface area contributed by atoms with Crippen LogP contribution in [0.3, 0.4) is 0 Å². The lowest BCUT2D eigenvalue weighted by molar-refractivity contribution is 0.205. The third-order valence-corrected chi connectivity index (χ3v) is 2.77. The van der Waals surface area contributed by atoms with Crippen LogP contribution in [0.15, 0.2) is 41.9 Å². The van der Waals surface area contributed by atoms with Crippen molar-refractivity contribution in [1.82, 2.24) is 10.6 Å². The second-order valence-corrected chi connectivity index (χ2v) is 4.49. The van der Waals surface area contributed by atoms with E-state index in [1.807, 2.05) is 13.8 Å². The van der Waals surface area contributed by atoms with Crippen molar-refractivity contribution in [3.8, 4) is 5.75 Å². The van der Waals surface area contributed by atoms with E-state index in [9.17, 15) is 4.39 Å². The Kier molecular flexibility index (Phi) is 11.5. The molecule has 0 saturated heterocycles. The van der Waals surface area contributed by atoms with Gasteiger partial charge in [-0.2, -0.15) is 0 Å². The number of hydrogen-bond acceptors (Lipinski definition) is 2. The maximum atomic E-state index is 13.1. The first-order chi connectivity index (χ1) is 10.2. The Balaban J connectivity index is 0.00000441. The number of ether oxygens (including phenoxy) is 1. The highest BCUT2D eigenvalue weighted by molar-refractivity contribution is 14.0. The summed E-state index contributed by atoms with van der Waals surface area (Å²) >= 11 is 0. The van der Waals surface area contributed by atoms with Crippen LogP contribution in [-0.2, 0) is 0 Å². The molecule has 6 heteroatoms. The summed E-state index contributed by atoms with van der Waals surface area (Å²) < 4.78 is 18.9. The lowest BCUT2D eigenvalue weighted by Crippen LogP contribution is -2.38. The Morgan fingerprint density at radius 3 is 2.77 bits per heavy atom. The van der Waals surface area contributed by atoms with Crippen LogP contribution < -0.4 is 15.4 Å². The van der Waals surface area contributed by atoms with E-state index < -0.39 is 0 Å². The van der Waals surface area contributed by atoms with Crippen molar-refractivity contribution in [3.05, 3.63) is 42.7 Å². The molecule has 0 bridgehead atoms. The van der Waals surface area contributed by atoms with Crippen molar-refractivity contribution in [2.24, 2.45) is 4.99 Å². The number of guanidine groups is 1. The van der Waals surface area contributed by atoms with Gasteiger partial charge in [0.05, 0.1) is 6.54 Å². The lowest BCUT2D eigenvalue weighted by Gasteiger charge is -2.17. The van der Waals surface area contributed by atoms with E-state index >= 15 is 0 Å². The predicted molar refractivity (Wildman–Crippen MR) is 101 cm³/mol. The standard InChI is InChI=1S/C16H24FN3O.HI/c1-4-10-19-16(18-6-3)20-12-14(5-2)21-15-9-7-8-13(17)11-15;/h4,7-9,11,14H,1,5-6,10,12H2,2-3H3,(H2,18,19,20);1H. The fraction of sp³-hybridized carbons (Fsp3) is 0.438. The zero-order valence-corrected chi connectivity index (χ0v) is 15.5. The first-order valence-corrected chi connectivity index (χ1v) is 7.24. The summed E-state index contributed by atoms with van der Waals surface area (Å²) in [5.41, 5.74) is 0. The molecule has 0 heterocycles. The van der Waals surface area contributed by atoms with Gasteiger partial charge in [0, 0.05) is 19.2 Å². The molecular formula is C16H25FIN3O. The lowest BCUT2D eigenvalue weighted by atomic mass is 10.2. The third-order valence-electron chi connectivity index (χ3n) is 2.77. The highest BCUT2D eigenvalue weighted by Gasteiger charge is 2.08. The van der Waals surface area contributed by atoms with Crippen LogP contribution in [0.2, 0.25) is 0 Å². The van der Waals surface area contributed by atoms with Crippen molar-refractivity contribution in [3.63, 3.8) is 0 Å². The Labute approximate surface area is 149 Å². The van der Waals surface area contributed by atoms with Crippen molar-refractivity contribution >= 4 is 29.9 Å². The van der Waals surface area contributed by atoms with Crippen LogP contribution >= 0.6 is 24.0 Å². The maximum Gasteiger partial charge on any atom is 0.191 e. The second-order valence-electron chi connectivity index (χ2n) is 4.49. The average Bonchev–Trinajstić information content (AvgIpc) is 2.48. The smallest absolute Gasteiger partial charge is 0.191 e. The summed E-state index contributed by atoms with van der Waals surface area (Å²) in [6.45, 7) is 9.61. The van der Waals surface area contributed by atoms with Crippen LogP contribution in [0, 0.1) is 5.82 Å². The summed E-state index contributed by atoms with van der Waals surface area (Å²) in [7, 11) is 0. The second kappa shape index (κ2) is 12.3. The molecule has 0 saturated carbocycles. The molecule has 0 amide bonds. The van der Waals surface area contributed by atoms with Crippen molar-refractivity contribution in [1.29, 1.82) is 0 Å². The van der Waals surface area contributed by atoms with E-state index in [-0.39, 0.29) is 35.9 Å². The normalized spacial score (nSPS) is 12.0. The van der Waals surface area contributed by atoms with Gasteiger partial charge in [-0.05, 0) is 25.5 Å². The fourth-order valence-electron chi connectivity index (χ4n) is 1.69. The van der Waals surface area contributed by atoms with E-state index in [0.717, 1.165) is 18.9 Å². The summed E-state index contributed by atoms with van der Waals surface area (Å²) in [5, 5.41) is 6.27. The molecule has 0 radical (unpaired) electrons. The van der Waals surface area contributed by atoms with Gasteiger partial charge in [-0.25, -0.2) is 9.38 Å². The molecule has 22 heavy (non-hydrogen) atoms. The van der Waals surface area contributed by atoms with Gasteiger partial charge in [-0.3, -0.25) is 0 Å². The van der Waals surface area contributed by atoms with E-state index in [2.05, 4.69) is 22.2 Å². The molecule has 0 fully saturated rings. The molecule has 1 unspecified atom stereocenters. The number of nitrogens with zero attached hydrogens (tertiary/aromatic N) is 1. The minimum absolute atomic E-state index is 0. The largest absolute Gasteiger partial charge is 0.488 e. The summed E-state index contributed by atoms with van der Waals surface area (Å²) in [5.74, 6) is 0.951. The molecule has 1 aromatic rings. The Bertz CT molecular complexity index is 468. The molecule has 0 spiro atoms. The van der Waals surface area contributed by atoms with Gasteiger partial charge in [0.1, 0.15) is 17.7 Å². The minimum Gasteiger partial charge on any atom is -0.488 e. The molecule has 1 aromatic carbocycles. The molecular weight excluding hydrogens is 396 g/mol. The SMILES string of the molecule is C=CCNC(=NCC(CC)Oc1cccc(F)c1)NCC.I. The van der Waals surface area contributed by atoms with E-state index in [0.29, 0.717) is 18.8 Å². The van der Waals surface area contributed by atoms with Crippen LogP contribution in [-0.4, -0.2) is 31.7 Å². The van der Waals surface area contributed by atoms with Gasteiger partial charge in [0.15, 0.2) is 5.96 Å². The van der Waals surface area contributed by atoms with Crippen LogP contribution in [0.5, 0.6) is 5.75 Å². The Morgan fingerprint density at radius 2 is 2.18 bits per heavy atom. The molecule has 2 N–H and O–H groups in total. The Hall–Kier alpha value is -1.31. The molecule has 0 aliphatic rings. The zero-order chi connectivity index (χ0) is 15.5. The van der Waals surface area contributed by atoms with Crippen LogP contribution in [0.4, 0.5) is 4.39 Å². The summed E-state index contributed by atoms with van der Waals surface area (Å²) in [6.07, 6.45) is 2.47. The van der Waals surface area contributed by atoms with Gasteiger partial charge < -0.3 is 15.4 Å². The number of benzene rings is 1. The van der Waals surface area contributed by atoms with E-state index in [1.165, 1.54) is 12.1 Å². The third kappa shape index (κ3) is 8.21. The van der Waals surface area contributed by atoms with Gasteiger partial charge in [0.2, 0.25) is 0 Å². The van der Waals surface area contributed by atoms with Crippen LogP contribution in [0.25, 0.3) is 0 Å². The van der Waals surface area contributed by atoms with Crippen LogP contribution in [0.1, 0.15) is 20.3 Å². The molecule has 0 aliphatic heterocycles. The highest BCUT2D eigenvalue weighted by Crippen LogP contribution is 2.15. The van der Waals surface area contributed by atoms with E-state index in [4.69, 9.17) is 4.74 Å². The summed E-state index contributed by atoms with van der Waals surface area (Å²) in [6, 6.07) is 6.16. The van der Waals surface area contributed by atoms with Gasteiger partial charge >= 0.3 is 0 Å². The topological polar surface area (TPSA) is 45.7 Å². The van der Waals surface area contributed by atoms with Crippen molar-refractivity contribution in [2.75, 3.05) is 19.6 Å². The van der Waals surface area contributed by atoms with E-state index in [1.54, 1.807) is 18.2 Å². The monoisotopic (exact) mass is 421 g/mol. The first-order valence-electron chi connectivity index (χ1n) is 7.24. The predicted octanol–water partition coefficient (Wildman–Crippen LogP) is 3.34. The van der Waals surface area contributed by atoms with Crippen molar-refractivity contribution < 1.29 is 9.13 Å². The quantitative estimate of drug-likeness (QED) is 0.293. The average molecular weight is 421 g/mol. The fourth-order valence-corrected chi connectivity index (χ4v) is 1.69. The molecule has 124 valence electrons. The maximum absolute atomic E-state index is 13.1. The zero-order valence-electron chi connectivity index (χ0n) is 13.1. The van der Waals surface area contributed by atoms with Crippen molar-refractivity contribution in [2.45, 2.75) is 26.4 Å². The van der Waals surface area contributed by atoms with Gasteiger partial charge in [-0.1, -0.05) is 19.1 Å². The molecule has 1 rings (SSSR count). The van der Waals surface area contributed by atoms with Gasteiger partial charge in [0.25, 0.3) is 0 Å².